The number of fused-ring (bicyclic) bond motifs is 5. The summed E-state index contributed by atoms with van der Waals surface area (Å²) in [5, 5.41) is 10.3. The van der Waals surface area contributed by atoms with Gasteiger partial charge in [-0.1, -0.05) is 18.2 Å². The maximum Gasteiger partial charge on any atom is 0.265 e. The molecule has 0 fully saturated rings. The average Bonchev–Trinajstić information content (AvgIpc) is 3.05. The van der Waals surface area contributed by atoms with E-state index in [1.807, 2.05) is 18.2 Å². The SMILES string of the molecule is O=C1c2c(c3ccc2o3)[C@H](O)N1c1ccccc1. The smallest absolute Gasteiger partial charge is 0.265 e. The Balaban J connectivity index is 1.91. The van der Waals surface area contributed by atoms with Crippen molar-refractivity contribution in [3.05, 3.63) is 53.6 Å². The van der Waals surface area contributed by atoms with Crippen molar-refractivity contribution in [3.63, 3.8) is 0 Å². The van der Waals surface area contributed by atoms with E-state index in [9.17, 15) is 9.90 Å². The lowest BCUT2D eigenvalue weighted by molar-refractivity contribution is 0.0935. The van der Waals surface area contributed by atoms with Crippen LogP contribution >= 0.6 is 0 Å². The predicted octanol–water partition coefficient (Wildman–Crippen LogP) is 2.52. The molecule has 88 valence electrons. The number of amides is 1. The number of carbonyl (C=O) groups excluding carboxylic acids is 1. The molecule has 0 aliphatic carbocycles. The van der Waals surface area contributed by atoms with Gasteiger partial charge in [0.15, 0.2) is 6.23 Å². The zero-order valence-electron chi connectivity index (χ0n) is 9.33. The summed E-state index contributed by atoms with van der Waals surface area (Å²) in [7, 11) is 0. The highest BCUT2D eigenvalue weighted by Gasteiger charge is 2.42. The Hall–Kier alpha value is -2.33. The number of benzene rings is 2. The summed E-state index contributed by atoms with van der Waals surface area (Å²) in [4.78, 5) is 13.7. The first-order valence-electron chi connectivity index (χ1n) is 5.69. The number of furan rings is 2. The molecule has 3 heterocycles. The van der Waals surface area contributed by atoms with Crippen molar-refractivity contribution in [1.82, 2.24) is 0 Å². The van der Waals surface area contributed by atoms with Crippen LogP contribution in [0.3, 0.4) is 0 Å². The summed E-state index contributed by atoms with van der Waals surface area (Å²) < 4.78 is 5.40. The van der Waals surface area contributed by atoms with Crippen molar-refractivity contribution >= 4 is 22.8 Å². The van der Waals surface area contributed by atoms with Crippen molar-refractivity contribution in [1.29, 1.82) is 0 Å². The Kier molecular flexibility index (Phi) is 1.67. The van der Waals surface area contributed by atoms with Gasteiger partial charge in [0.1, 0.15) is 11.2 Å². The van der Waals surface area contributed by atoms with E-state index in [1.54, 1.807) is 24.3 Å². The Morgan fingerprint density at radius 3 is 2.50 bits per heavy atom. The highest BCUT2D eigenvalue weighted by atomic mass is 16.3. The minimum absolute atomic E-state index is 0.210. The fourth-order valence-electron chi connectivity index (χ4n) is 2.56. The summed E-state index contributed by atoms with van der Waals surface area (Å²) in [6.07, 6.45) is -0.965. The van der Waals surface area contributed by atoms with E-state index in [2.05, 4.69) is 0 Å². The minimum atomic E-state index is -0.965. The quantitative estimate of drug-likeness (QED) is 0.709. The molecule has 1 atom stereocenters. The highest BCUT2D eigenvalue weighted by Crippen LogP contribution is 2.43. The molecule has 1 aliphatic heterocycles. The standard InChI is InChI=1S/C14H9NO3/c16-13-11-9-6-7-10(18-9)12(11)14(17)15(13)8-4-2-1-3-5-8/h1-7,13,16H/t13-/m0/s1. The normalized spacial score (nSPS) is 18.8. The van der Waals surface area contributed by atoms with Crippen molar-refractivity contribution in [2.45, 2.75) is 6.23 Å². The van der Waals surface area contributed by atoms with Crippen LogP contribution < -0.4 is 4.90 Å². The van der Waals surface area contributed by atoms with E-state index in [1.165, 1.54) is 4.90 Å². The van der Waals surface area contributed by atoms with Gasteiger partial charge in [0.2, 0.25) is 0 Å². The highest BCUT2D eigenvalue weighted by molar-refractivity contribution is 6.16. The first kappa shape index (κ1) is 9.67. The van der Waals surface area contributed by atoms with E-state index < -0.39 is 6.23 Å². The van der Waals surface area contributed by atoms with Crippen LogP contribution in [0.1, 0.15) is 22.1 Å². The topological polar surface area (TPSA) is 53.7 Å². The van der Waals surface area contributed by atoms with Crippen LogP contribution in [-0.2, 0) is 0 Å². The molecule has 0 unspecified atom stereocenters. The lowest BCUT2D eigenvalue weighted by Gasteiger charge is -2.20. The van der Waals surface area contributed by atoms with Crippen molar-refractivity contribution in [2.24, 2.45) is 0 Å². The van der Waals surface area contributed by atoms with Crippen molar-refractivity contribution < 1.29 is 14.3 Å². The van der Waals surface area contributed by atoms with Crippen LogP contribution in [0.5, 0.6) is 0 Å². The second kappa shape index (κ2) is 3.11. The number of aliphatic hydroxyl groups is 1. The van der Waals surface area contributed by atoms with Gasteiger partial charge in [-0.25, -0.2) is 0 Å². The number of aliphatic hydroxyl groups excluding tert-OH is 1. The molecular formula is C14H9NO3. The lowest BCUT2D eigenvalue weighted by atomic mass is 10.1. The van der Waals surface area contributed by atoms with Gasteiger partial charge >= 0.3 is 0 Å². The molecule has 0 saturated heterocycles. The third-order valence-corrected chi connectivity index (χ3v) is 3.36. The number of hydrogen-bond donors (Lipinski definition) is 1. The molecule has 0 radical (unpaired) electrons. The summed E-state index contributed by atoms with van der Waals surface area (Å²) in [6, 6.07) is 12.7. The number of carbonyl (C=O) groups is 1. The van der Waals surface area contributed by atoms with E-state index in [0.717, 1.165) is 0 Å². The molecule has 0 saturated carbocycles. The van der Waals surface area contributed by atoms with Crippen molar-refractivity contribution in [2.75, 3.05) is 4.90 Å². The molecule has 18 heavy (non-hydrogen) atoms. The first-order valence-corrected chi connectivity index (χ1v) is 5.69. The van der Waals surface area contributed by atoms with Gasteiger partial charge in [-0.3, -0.25) is 9.69 Å². The van der Waals surface area contributed by atoms with Gasteiger partial charge < -0.3 is 9.52 Å². The second-order valence-electron chi connectivity index (χ2n) is 4.34. The number of para-hydroxylation sites is 1. The number of hydrogen-bond acceptors (Lipinski definition) is 3. The first-order chi connectivity index (χ1) is 8.77. The third kappa shape index (κ3) is 1.01. The maximum atomic E-state index is 12.3. The van der Waals surface area contributed by atoms with E-state index in [4.69, 9.17) is 4.42 Å². The molecule has 3 aromatic rings. The Morgan fingerprint density at radius 2 is 1.78 bits per heavy atom. The fraction of sp³-hybridized carbons (Fsp3) is 0.0714. The zero-order valence-corrected chi connectivity index (χ0v) is 9.33. The molecule has 1 aromatic carbocycles. The van der Waals surface area contributed by atoms with E-state index in [-0.39, 0.29) is 5.91 Å². The predicted molar refractivity (Wildman–Crippen MR) is 65.6 cm³/mol. The summed E-state index contributed by atoms with van der Waals surface area (Å²) in [6.45, 7) is 0. The molecule has 2 aromatic heterocycles. The van der Waals surface area contributed by atoms with Crippen LogP contribution in [0.2, 0.25) is 0 Å². The molecule has 4 heteroatoms. The molecule has 4 nitrogen and oxygen atoms in total. The molecule has 4 rings (SSSR count). The van der Waals surface area contributed by atoms with E-state index in [0.29, 0.717) is 28.0 Å². The molecule has 1 N–H and O–H groups in total. The average molecular weight is 239 g/mol. The van der Waals surface area contributed by atoms with Crippen molar-refractivity contribution in [3.8, 4) is 0 Å². The molecule has 0 spiro atoms. The maximum absolute atomic E-state index is 12.3. The van der Waals surface area contributed by atoms with E-state index >= 15 is 0 Å². The van der Waals surface area contributed by atoms with Crippen LogP contribution in [-0.4, -0.2) is 11.0 Å². The Labute approximate surface area is 102 Å². The third-order valence-electron chi connectivity index (χ3n) is 3.36. The number of nitrogens with zero attached hydrogens (tertiary/aromatic N) is 1. The van der Waals surface area contributed by atoms with Gasteiger partial charge in [-0.15, -0.1) is 0 Å². The van der Waals surface area contributed by atoms with Gasteiger partial charge in [0, 0.05) is 5.69 Å². The summed E-state index contributed by atoms with van der Waals surface area (Å²) >= 11 is 0. The summed E-state index contributed by atoms with van der Waals surface area (Å²) in [5.74, 6) is -0.210. The van der Waals surface area contributed by atoms with Gasteiger partial charge in [-0.2, -0.15) is 0 Å². The van der Waals surface area contributed by atoms with Crippen LogP contribution in [0.4, 0.5) is 5.69 Å². The second-order valence-corrected chi connectivity index (χ2v) is 4.34. The van der Waals surface area contributed by atoms with Gasteiger partial charge in [0.25, 0.3) is 5.91 Å². The minimum Gasteiger partial charge on any atom is -0.456 e. The van der Waals surface area contributed by atoms with Gasteiger partial charge in [-0.05, 0) is 24.3 Å². The molecular weight excluding hydrogens is 230 g/mol. The van der Waals surface area contributed by atoms with Crippen LogP contribution in [0.15, 0.2) is 46.9 Å². The van der Waals surface area contributed by atoms with Crippen LogP contribution in [0.25, 0.3) is 11.2 Å². The number of rotatable bonds is 1. The summed E-state index contributed by atoms with van der Waals surface area (Å²) in [5.41, 5.74) is 2.89. The Morgan fingerprint density at radius 1 is 1.06 bits per heavy atom. The van der Waals surface area contributed by atoms with Gasteiger partial charge in [0.05, 0.1) is 11.1 Å². The van der Waals surface area contributed by atoms with Crippen LogP contribution in [0, 0.1) is 0 Å². The zero-order chi connectivity index (χ0) is 12.3. The monoisotopic (exact) mass is 239 g/mol. The number of anilines is 1. The largest absolute Gasteiger partial charge is 0.456 e. The molecule has 1 aliphatic rings. The fourth-order valence-corrected chi connectivity index (χ4v) is 2.56. The molecule has 1 amide bonds. The molecule has 2 bridgehead atoms. The lowest BCUT2D eigenvalue weighted by Crippen LogP contribution is -2.27. The Bertz CT molecular complexity index is 732.